The maximum Gasteiger partial charge on any atom is 0.268 e. The highest BCUT2D eigenvalue weighted by Gasteiger charge is 2.41. The Morgan fingerprint density at radius 3 is 2.64 bits per heavy atom. The molecule has 3 N–H and O–H groups in total. The number of sulfonamides is 1. The van der Waals surface area contributed by atoms with Crippen molar-refractivity contribution in [2.24, 2.45) is 5.92 Å². The second-order valence-electron chi connectivity index (χ2n) is 9.10. The van der Waals surface area contributed by atoms with Crippen molar-refractivity contribution in [2.45, 2.75) is 37.6 Å². The van der Waals surface area contributed by atoms with Gasteiger partial charge in [0.2, 0.25) is 5.88 Å². The molecule has 0 spiro atoms. The predicted molar refractivity (Wildman–Crippen MR) is 132 cm³/mol. The predicted octanol–water partition coefficient (Wildman–Crippen LogP) is 3.01. The molecule has 1 unspecified atom stereocenters. The van der Waals surface area contributed by atoms with Crippen molar-refractivity contribution < 1.29 is 22.3 Å². The fraction of sp³-hybridized carbons (Fsp3) is 0.333. The molecular formula is C24H27FN6O4S. The lowest BCUT2D eigenvalue weighted by Gasteiger charge is -2.36. The van der Waals surface area contributed by atoms with Crippen molar-refractivity contribution in [2.75, 3.05) is 24.3 Å². The second-order valence-corrected chi connectivity index (χ2v) is 10.8. The number of pyridine rings is 3. The first-order chi connectivity index (χ1) is 17.0. The van der Waals surface area contributed by atoms with Gasteiger partial charge in [0.1, 0.15) is 16.5 Å². The van der Waals surface area contributed by atoms with Crippen molar-refractivity contribution in [3.05, 3.63) is 54.1 Å². The van der Waals surface area contributed by atoms with Gasteiger partial charge in [0.15, 0.2) is 5.82 Å². The fourth-order valence-electron chi connectivity index (χ4n) is 4.18. The molecule has 4 rings (SSSR count). The number of hydrogen-bond donors (Lipinski definition) is 2. The average molecular weight is 515 g/mol. The molecule has 1 fully saturated rings. The number of anilines is 2. The first-order valence-electron chi connectivity index (χ1n) is 11.2. The van der Waals surface area contributed by atoms with Crippen LogP contribution < -0.4 is 20.1 Å². The van der Waals surface area contributed by atoms with Gasteiger partial charge in [-0.2, -0.15) is 0 Å². The maximum absolute atomic E-state index is 14.3. The summed E-state index contributed by atoms with van der Waals surface area (Å²) in [5, 5.41) is 0. The summed E-state index contributed by atoms with van der Waals surface area (Å²) in [5.41, 5.74) is 6.13. The minimum Gasteiger partial charge on any atom is -0.479 e. The average Bonchev–Trinajstić information content (AvgIpc) is 3.10. The Morgan fingerprint density at radius 1 is 1.28 bits per heavy atom. The van der Waals surface area contributed by atoms with Crippen LogP contribution >= 0.6 is 0 Å². The van der Waals surface area contributed by atoms with Gasteiger partial charge in [-0.05, 0) is 56.5 Å². The molecule has 12 heteroatoms. The standard InChI is InChI=1S/C24H27FN6O4S/c1-14-9-11-31(24(14,2)3)21-16(22(32)30-36(33,34)19-6-5-10-27-20(19)26)7-8-18(29-21)15-12-17(25)23(35-4)28-13-15/h5-8,10,12-14H,9,11H2,1-4H3,(H2,26,27)(H,30,32). The highest BCUT2D eigenvalue weighted by molar-refractivity contribution is 7.90. The molecule has 1 atom stereocenters. The summed E-state index contributed by atoms with van der Waals surface area (Å²) >= 11 is 0. The summed E-state index contributed by atoms with van der Waals surface area (Å²) in [6, 6.07) is 6.89. The van der Waals surface area contributed by atoms with Crippen LogP contribution in [0.1, 0.15) is 37.6 Å². The number of carbonyl (C=O) groups excluding carboxylic acids is 1. The molecule has 3 aromatic rings. The summed E-state index contributed by atoms with van der Waals surface area (Å²) < 4.78 is 47.1. The molecule has 1 amide bonds. The molecule has 0 bridgehead atoms. The Balaban J connectivity index is 1.79. The van der Waals surface area contributed by atoms with E-state index in [-0.39, 0.29) is 39.4 Å². The summed E-state index contributed by atoms with van der Waals surface area (Å²) in [5.74, 6) is -1.35. The monoisotopic (exact) mass is 514 g/mol. The normalized spacial score (nSPS) is 17.1. The van der Waals surface area contributed by atoms with E-state index in [0.29, 0.717) is 17.8 Å². The van der Waals surface area contributed by atoms with Crippen molar-refractivity contribution in [1.29, 1.82) is 0 Å². The van der Waals surface area contributed by atoms with Gasteiger partial charge < -0.3 is 15.4 Å². The van der Waals surface area contributed by atoms with Crippen LogP contribution in [-0.2, 0) is 10.0 Å². The number of hydrogen-bond acceptors (Lipinski definition) is 9. The van der Waals surface area contributed by atoms with E-state index in [4.69, 9.17) is 10.5 Å². The number of rotatable bonds is 6. The summed E-state index contributed by atoms with van der Waals surface area (Å²) in [7, 11) is -2.98. The Labute approximate surface area is 208 Å². The van der Waals surface area contributed by atoms with Crippen molar-refractivity contribution >= 4 is 27.6 Å². The zero-order valence-electron chi connectivity index (χ0n) is 20.3. The molecule has 0 radical (unpaired) electrons. The fourth-order valence-corrected chi connectivity index (χ4v) is 5.23. The van der Waals surface area contributed by atoms with E-state index >= 15 is 0 Å². The van der Waals surface area contributed by atoms with Gasteiger partial charge in [-0.15, -0.1) is 0 Å². The zero-order chi connectivity index (χ0) is 26.3. The number of nitrogens with zero attached hydrogens (tertiary/aromatic N) is 4. The van der Waals surface area contributed by atoms with Gasteiger partial charge in [0, 0.05) is 30.0 Å². The molecule has 4 heterocycles. The van der Waals surface area contributed by atoms with Crippen LogP contribution in [0.3, 0.4) is 0 Å². The Morgan fingerprint density at radius 2 is 2.03 bits per heavy atom. The Bertz CT molecular complexity index is 1430. The topological polar surface area (TPSA) is 140 Å². The number of carbonyl (C=O) groups is 1. The largest absolute Gasteiger partial charge is 0.479 e. The number of nitrogens with two attached hydrogens (primary N) is 1. The zero-order valence-corrected chi connectivity index (χ0v) is 21.1. The maximum atomic E-state index is 14.3. The minimum atomic E-state index is -4.30. The van der Waals surface area contributed by atoms with E-state index in [0.717, 1.165) is 6.42 Å². The third kappa shape index (κ3) is 4.55. The second kappa shape index (κ2) is 9.34. The lowest BCUT2D eigenvalue weighted by atomic mass is 9.90. The van der Waals surface area contributed by atoms with Crippen LogP contribution in [0.4, 0.5) is 16.0 Å². The Kier molecular flexibility index (Phi) is 6.56. The van der Waals surface area contributed by atoms with Crippen LogP contribution in [0.25, 0.3) is 11.3 Å². The highest BCUT2D eigenvalue weighted by Crippen LogP contribution is 2.39. The number of ether oxygens (including phenoxy) is 1. The third-order valence-electron chi connectivity index (χ3n) is 6.68. The SMILES string of the molecule is COc1ncc(-c2ccc(C(=O)NS(=O)(=O)c3cccnc3N)c(N3CCC(C)C3(C)C)n2)cc1F. The van der Waals surface area contributed by atoms with Crippen LogP contribution in [-0.4, -0.2) is 48.5 Å². The van der Waals surface area contributed by atoms with Gasteiger partial charge in [0.25, 0.3) is 15.9 Å². The van der Waals surface area contributed by atoms with Crippen molar-refractivity contribution in [3.63, 3.8) is 0 Å². The molecule has 36 heavy (non-hydrogen) atoms. The van der Waals surface area contributed by atoms with Gasteiger partial charge in [-0.1, -0.05) is 6.92 Å². The van der Waals surface area contributed by atoms with E-state index in [2.05, 4.69) is 26.6 Å². The molecule has 190 valence electrons. The third-order valence-corrected chi connectivity index (χ3v) is 8.05. The number of amides is 1. The van der Waals surface area contributed by atoms with Crippen molar-refractivity contribution in [1.82, 2.24) is 19.7 Å². The van der Waals surface area contributed by atoms with E-state index in [1.54, 1.807) is 0 Å². The number of nitrogens with one attached hydrogen (secondary N) is 1. The molecule has 10 nitrogen and oxygen atoms in total. The molecule has 1 aliphatic heterocycles. The van der Waals surface area contributed by atoms with Crippen molar-refractivity contribution in [3.8, 4) is 17.1 Å². The molecule has 1 saturated heterocycles. The smallest absolute Gasteiger partial charge is 0.268 e. The van der Waals surface area contributed by atoms with Gasteiger partial charge >= 0.3 is 0 Å². The number of aromatic nitrogens is 3. The molecule has 3 aromatic heterocycles. The summed E-state index contributed by atoms with van der Waals surface area (Å²) in [6.07, 6.45) is 3.62. The quantitative estimate of drug-likeness (QED) is 0.508. The Hall–Kier alpha value is -3.80. The first-order valence-corrected chi connectivity index (χ1v) is 12.7. The molecule has 0 saturated carbocycles. The molecule has 1 aliphatic rings. The van der Waals surface area contributed by atoms with Crippen LogP contribution in [0.15, 0.2) is 47.6 Å². The molecule has 0 aromatic carbocycles. The minimum absolute atomic E-state index is 0.0499. The summed E-state index contributed by atoms with van der Waals surface area (Å²) in [4.78, 5) is 27.4. The van der Waals surface area contributed by atoms with Crippen LogP contribution in [0, 0.1) is 11.7 Å². The summed E-state index contributed by atoms with van der Waals surface area (Å²) in [6.45, 7) is 6.76. The van der Waals surface area contributed by atoms with E-state index < -0.39 is 21.7 Å². The lowest BCUT2D eigenvalue weighted by molar-refractivity contribution is 0.0981. The highest BCUT2D eigenvalue weighted by atomic mass is 32.2. The van der Waals surface area contributed by atoms with Crippen LogP contribution in [0.5, 0.6) is 5.88 Å². The number of nitrogen functional groups attached to an aromatic ring is 1. The van der Waals surface area contributed by atoms with E-state index in [1.807, 2.05) is 18.7 Å². The number of halogens is 1. The van der Waals surface area contributed by atoms with E-state index in [1.165, 1.54) is 49.8 Å². The van der Waals surface area contributed by atoms with Crippen LogP contribution in [0.2, 0.25) is 0 Å². The first kappa shape index (κ1) is 25.3. The van der Waals surface area contributed by atoms with E-state index in [9.17, 15) is 17.6 Å². The molecular weight excluding hydrogens is 487 g/mol. The van der Waals surface area contributed by atoms with Gasteiger partial charge in [-0.25, -0.2) is 32.5 Å². The number of methoxy groups -OCH3 is 1. The van der Waals surface area contributed by atoms with Gasteiger partial charge in [-0.3, -0.25) is 4.79 Å². The van der Waals surface area contributed by atoms with Gasteiger partial charge in [0.05, 0.1) is 18.4 Å². The lowest BCUT2D eigenvalue weighted by Crippen LogP contribution is -2.43. The molecule has 0 aliphatic carbocycles.